The van der Waals surface area contributed by atoms with E-state index in [4.69, 9.17) is 10.3 Å². The van der Waals surface area contributed by atoms with Gasteiger partial charge in [0.25, 0.3) is 0 Å². The molecule has 1 heterocycles. The van der Waals surface area contributed by atoms with Crippen LogP contribution < -0.4 is 5.73 Å². The van der Waals surface area contributed by atoms with Gasteiger partial charge in [0.2, 0.25) is 0 Å². The predicted octanol–water partition coefficient (Wildman–Crippen LogP) is 2.09. The van der Waals surface area contributed by atoms with Gasteiger partial charge in [0.05, 0.1) is 5.39 Å². The van der Waals surface area contributed by atoms with Crippen LogP contribution in [0, 0.1) is 0 Å². The number of nitrogens with zero attached hydrogens (tertiary/aromatic N) is 1. The van der Waals surface area contributed by atoms with E-state index >= 15 is 0 Å². The number of nitrogens with two attached hydrogens (primary N) is 1. The van der Waals surface area contributed by atoms with Crippen LogP contribution in [0.4, 0.5) is 0 Å². The first-order valence-electron chi connectivity index (χ1n) is 4.05. The van der Waals surface area contributed by atoms with Crippen LogP contribution in [0.15, 0.2) is 27.3 Å². The lowest BCUT2D eigenvalue weighted by Gasteiger charge is -1.96. The molecule has 0 bridgehead atoms. The SMILES string of the molecule is NCCc1ccc2onc(Br)c2c1. The van der Waals surface area contributed by atoms with E-state index in [-0.39, 0.29) is 0 Å². The maximum Gasteiger partial charge on any atom is 0.168 e. The largest absolute Gasteiger partial charge is 0.355 e. The first-order chi connectivity index (χ1) is 6.31. The molecule has 0 aliphatic heterocycles. The van der Waals surface area contributed by atoms with Crippen molar-refractivity contribution in [3.05, 3.63) is 28.4 Å². The monoisotopic (exact) mass is 240 g/mol. The number of benzene rings is 1. The van der Waals surface area contributed by atoms with Gasteiger partial charge in [0, 0.05) is 0 Å². The van der Waals surface area contributed by atoms with E-state index in [9.17, 15) is 0 Å². The topological polar surface area (TPSA) is 52.0 Å². The standard InChI is InChI=1S/C9H9BrN2O/c10-9-7-5-6(3-4-11)1-2-8(7)13-12-9/h1-2,5H,3-4,11H2. The fourth-order valence-electron chi connectivity index (χ4n) is 1.28. The van der Waals surface area contributed by atoms with Crippen LogP contribution in [-0.2, 0) is 6.42 Å². The van der Waals surface area contributed by atoms with Gasteiger partial charge in [-0.2, -0.15) is 0 Å². The number of halogens is 1. The highest BCUT2D eigenvalue weighted by Gasteiger charge is 2.05. The molecule has 68 valence electrons. The lowest BCUT2D eigenvalue weighted by molar-refractivity contribution is 0.451. The molecule has 0 unspecified atom stereocenters. The molecule has 0 amide bonds. The molecule has 0 radical (unpaired) electrons. The molecule has 1 aromatic carbocycles. The molecule has 0 aliphatic rings. The minimum absolute atomic E-state index is 0.661. The van der Waals surface area contributed by atoms with E-state index in [1.54, 1.807) is 0 Å². The smallest absolute Gasteiger partial charge is 0.168 e. The highest BCUT2D eigenvalue weighted by Crippen LogP contribution is 2.23. The van der Waals surface area contributed by atoms with Crippen molar-refractivity contribution in [1.82, 2.24) is 5.16 Å². The normalized spacial score (nSPS) is 10.9. The highest BCUT2D eigenvalue weighted by atomic mass is 79.9. The second kappa shape index (κ2) is 3.47. The van der Waals surface area contributed by atoms with E-state index in [0.717, 1.165) is 22.0 Å². The number of hydrogen-bond donors (Lipinski definition) is 1. The Morgan fingerprint density at radius 1 is 1.46 bits per heavy atom. The molecule has 2 N–H and O–H groups in total. The fourth-order valence-corrected chi connectivity index (χ4v) is 1.66. The van der Waals surface area contributed by atoms with Gasteiger partial charge in [-0.3, -0.25) is 0 Å². The van der Waals surface area contributed by atoms with Crippen LogP contribution in [0.5, 0.6) is 0 Å². The first-order valence-corrected chi connectivity index (χ1v) is 4.84. The minimum atomic E-state index is 0.661. The van der Waals surface area contributed by atoms with E-state index in [1.165, 1.54) is 5.56 Å². The summed E-state index contributed by atoms with van der Waals surface area (Å²) in [6, 6.07) is 5.97. The predicted molar refractivity (Wildman–Crippen MR) is 54.5 cm³/mol. The number of hydrogen-bond acceptors (Lipinski definition) is 3. The molecule has 3 nitrogen and oxygen atoms in total. The summed E-state index contributed by atoms with van der Waals surface area (Å²) < 4.78 is 5.80. The molecule has 2 aromatic rings. The van der Waals surface area contributed by atoms with Gasteiger partial charge in [-0.05, 0) is 46.6 Å². The first kappa shape index (κ1) is 8.72. The van der Waals surface area contributed by atoms with Crippen molar-refractivity contribution in [3.63, 3.8) is 0 Å². The third kappa shape index (κ3) is 1.59. The van der Waals surface area contributed by atoms with E-state index in [0.29, 0.717) is 6.54 Å². The Morgan fingerprint density at radius 3 is 3.08 bits per heavy atom. The Hall–Kier alpha value is -0.870. The van der Waals surface area contributed by atoms with Crippen molar-refractivity contribution in [2.45, 2.75) is 6.42 Å². The molecular weight excluding hydrogens is 232 g/mol. The highest BCUT2D eigenvalue weighted by molar-refractivity contribution is 9.10. The molecule has 1 aromatic heterocycles. The maximum atomic E-state index is 5.47. The van der Waals surface area contributed by atoms with Crippen LogP contribution in [-0.4, -0.2) is 11.7 Å². The Balaban J connectivity index is 2.53. The van der Waals surface area contributed by atoms with Crippen molar-refractivity contribution in [3.8, 4) is 0 Å². The molecule has 2 rings (SSSR count). The lowest BCUT2D eigenvalue weighted by atomic mass is 10.1. The van der Waals surface area contributed by atoms with Crippen LogP contribution in [0.25, 0.3) is 11.0 Å². The zero-order valence-corrected chi connectivity index (χ0v) is 8.54. The summed E-state index contributed by atoms with van der Waals surface area (Å²) in [6.07, 6.45) is 0.883. The Labute approximate surface area is 84.0 Å². The van der Waals surface area contributed by atoms with Crippen molar-refractivity contribution >= 4 is 26.9 Å². The van der Waals surface area contributed by atoms with Gasteiger partial charge < -0.3 is 10.3 Å². The minimum Gasteiger partial charge on any atom is -0.355 e. The molecule has 0 aliphatic carbocycles. The third-order valence-corrected chi connectivity index (χ3v) is 2.50. The summed E-state index contributed by atoms with van der Waals surface area (Å²) in [7, 11) is 0. The van der Waals surface area contributed by atoms with Gasteiger partial charge in [0.15, 0.2) is 10.2 Å². The van der Waals surface area contributed by atoms with Crippen LogP contribution in [0.1, 0.15) is 5.56 Å². The summed E-state index contributed by atoms with van der Waals surface area (Å²) in [5, 5.41) is 4.81. The maximum absolute atomic E-state index is 5.47. The average molecular weight is 241 g/mol. The van der Waals surface area contributed by atoms with Crippen molar-refractivity contribution in [2.24, 2.45) is 5.73 Å². The van der Waals surface area contributed by atoms with Gasteiger partial charge in [-0.1, -0.05) is 11.2 Å². The quantitative estimate of drug-likeness (QED) is 0.875. The molecule has 0 spiro atoms. The summed E-state index contributed by atoms with van der Waals surface area (Å²) in [5.74, 6) is 0. The van der Waals surface area contributed by atoms with Crippen molar-refractivity contribution in [2.75, 3.05) is 6.54 Å². The summed E-state index contributed by atoms with van der Waals surface area (Å²) in [4.78, 5) is 0. The number of fused-ring (bicyclic) bond motifs is 1. The lowest BCUT2D eigenvalue weighted by Crippen LogP contribution is -2.02. The summed E-state index contributed by atoms with van der Waals surface area (Å²) >= 11 is 3.32. The van der Waals surface area contributed by atoms with Gasteiger partial charge in [-0.25, -0.2) is 0 Å². The zero-order valence-electron chi connectivity index (χ0n) is 6.96. The second-order valence-electron chi connectivity index (χ2n) is 2.84. The van der Waals surface area contributed by atoms with Crippen LogP contribution in [0.3, 0.4) is 0 Å². The van der Waals surface area contributed by atoms with Gasteiger partial charge in [0.1, 0.15) is 0 Å². The fraction of sp³-hybridized carbons (Fsp3) is 0.222. The van der Waals surface area contributed by atoms with E-state index in [1.807, 2.05) is 18.2 Å². The Bertz CT molecular complexity index is 424. The third-order valence-electron chi connectivity index (χ3n) is 1.92. The molecular formula is C9H9BrN2O. The molecule has 0 fully saturated rings. The van der Waals surface area contributed by atoms with Crippen molar-refractivity contribution < 1.29 is 4.52 Å². The summed E-state index contributed by atoms with van der Waals surface area (Å²) in [5.41, 5.74) is 7.47. The Kier molecular flexibility index (Phi) is 2.33. The number of aromatic nitrogens is 1. The molecule has 13 heavy (non-hydrogen) atoms. The van der Waals surface area contributed by atoms with Crippen LogP contribution in [0.2, 0.25) is 0 Å². The second-order valence-corrected chi connectivity index (χ2v) is 3.59. The molecule has 0 saturated carbocycles. The van der Waals surface area contributed by atoms with Crippen molar-refractivity contribution in [1.29, 1.82) is 0 Å². The Morgan fingerprint density at radius 2 is 2.31 bits per heavy atom. The van der Waals surface area contributed by atoms with E-state index < -0.39 is 0 Å². The van der Waals surface area contributed by atoms with Gasteiger partial charge in [-0.15, -0.1) is 0 Å². The summed E-state index contributed by atoms with van der Waals surface area (Å²) in [6.45, 7) is 0.661. The molecule has 4 heteroatoms. The average Bonchev–Trinajstić information content (AvgIpc) is 2.49. The van der Waals surface area contributed by atoms with Gasteiger partial charge >= 0.3 is 0 Å². The van der Waals surface area contributed by atoms with E-state index in [2.05, 4.69) is 21.1 Å². The van der Waals surface area contributed by atoms with Crippen LogP contribution >= 0.6 is 15.9 Å². The number of rotatable bonds is 2. The molecule has 0 saturated heterocycles. The molecule has 0 atom stereocenters. The zero-order chi connectivity index (χ0) is 9.26.